The minimum absolute atomic E-state index is 0.0497. The van der Waals surface area contributed by atoms with Gasteiger partial charge in [0.15, 0.2) is 0 Å². The minimum Gasteiger partial charge on any atom is -0.354 e. The van der Waals surface area contributed by atoms with E-state index in [0.29, 0.717) is 0 Å². The van der Waals surface area contributed by atoms with E-state index in [-0.39, 0.29) is 27.5 Å². The zero-order chi connectivity index (χ0) is 40.7. The molecule has 0 bridgehead atoms. The first kappa shape index (κ1) is 41.6. The molecule has 298 valence electrons. The van der Waals surface area contributed by atoms with Gasteiger partial charge >= 0.3 is 43.1 Å². The number of hydrogen-bond donors (Lipinski definition) is 1. The summed E-state index contributed by atoms with van der Waals surface area (Å²) in [4.78, 5) is 26.4. The van der Waals surface area contributed by atoms with E-state index >= 15 is 0 Å². The highest BCUT2D eigenvalue weighted by atomic mass is 32.2. The summed E-state index contributed by atoms with van der Waals surface area (Å²) in [6, 6.07) is 22.6. The molecule has 2 heterocycles. The highest BCUT2D eigenvalue weighted by Gasteiger charge is 2.59. The van der Waals surface area contributed by atoms with Crippen LogP contribution < -0.4 is 11.2 Å². The Morgan fingerprint density at radius 1 is 0.691 bits per heavy atom. The maximum absolute atomic E-state index is 13.8. The number of aromatic amines is 1. The summed E-state index contributed by atoms with van der Waals surface area (Å²) in [5, 5.41) is 0. The maximum atomic E-state index is 13.8. The van der Waals surface area contributed by atoms with Crippen molar-refractivity contribution in [2.45, 2.75) is 47.1 Å². The lowest BCUT2D eigenvalue weighted by Gasteiger charge is -2.42. The largest absolute Gasteiger partial charge is 0.523 e. The zero-order valence-corrected chi connectivity index (χ0v) is 28.9. The van der Waals surface area contributed by atoms with Crippen molar-refractivity contribution < 1.29 is 74.2 Å². The molecule has 23 heteroatoms. The molecular weight excluding hydrogens is 807 g/mol. The van der Waals surface area contributed by atoms with Crippen LogP contribution in [-0.2, 0) is 49.9 Å². The van der Waals surface area contributed by atoms with Crippen LogP contribution in [0, 0.1) is 0 Å². The summed E-state index contributed by atoms with van der Waals surface area (Å²) in [7, 11) is -13.4. The monoisotopic (exact) mass is 832 g/mol. The van der Waals surface area contributed by atoms with Crippen molar-refractivity contribution in [3.05, 3.63) is 140 Å². The van der Waals surface area contributed by atoms with Gasteiger partial charge in [-0.2, -0.15) is 56.3 Å². The van der Waals surface area contributed by atoms with Crippen LogP contribution in [-0.4, -0.2) is 62.3 Å². The van der Waals surface area contributed by atoms with Crippen LogP contribution in [0.15, 0.2) is 107 Å². The van der Waals surface area contributed by atoms with E-state index < -0.39 is 97.4 Å². The van der Waals surface area contributed by atoms with E-state index in [2.05, 4.69) is 8.37 Å². The lowest BCUT2D eigenvalue weighted by molar-refractivity contribution is -0.176. The Morgan fingerprint density at radius 3 is 1.45 bits per heavy atom. The summed E-state index contributed by atoms with van der Waals surface area (Å²) >= 11 is 0. The second-order valence-corrected chi connectivity index (χ2v) is 15.0. The minimum atomic E-state index is -6.68. The predicted octanol–water partition coefficient (Wildman–Crippen LogP) is 5.32. The average Bonchev–Trinajstić information content (AvgIpc) is 3.46. The van der Waals surface area contributed by atoms with E-state index in [1.165, 1.54) is 77.8 Å². The van der Waals surface area contributed by atoms with Crippen LogP contribution in [0.2, 0.25) is 0 Å². The highest BCUT2D eigenvalue weighted by Crippen LogP contribution is 2.48. The lowest BCUT2D eigenvalue weighted by Crippen LogP contribution is -2.54. The van der Waals surface area contributed by atoms with Crippen molar-refractivity contribution in [3.63, 3.8) is 0 Å². The summed E-state index contributed by atoms with van der Waals surface area (Å²) in [6.45, 7) is -4.11. The van der Waals surface area contributed by atoms with Crippen molar-refractivity contribution >= 4 is 20.2 Å². The van der Waals surface area contributed by atoms with Crippen LogP contribution in [0.3, 0.4) is 0 Å². The van der Waals surface area contributed by atoms with Gasteiger partial charge in [-0.3, -0.25) is 22.7 Å². The topological polar surface area (TPSA) is 160 Å². The SMILES string of the molecule is O=c1[nH]c(=O)n([C@H]2C[C@H](OC(c3ccccc3)(c3ccccc3)c3ccccc3)C(COS(=O)(=O)C(F)(F)F)(COS(=O)(=O)C(F)(F)F)O2)cc1C(F)(F)F. The number of aromatic nitrogens is 2. The number of ether oxygens (including phenoxy) is 2. The molecule has 4 aromatic rings. The van der Waals surface area contributed by atoms with Gasteiger partial charge in [0.1, 0.15) is 36.2 Å². The van der Waals surface area contributed by atoms with Gasteiger partial charge in [-0.1, -0.05) is 91.0 Å². The predicted molar refractivity (Wildman–Crippen MR) is 170 cm³/mol. The molecule has 0 spiro atoms. The first-order chi connectivity index (χ1) is 25.4. The van der Waals surface area contributed by atoms with Crippen LogP contribution in [0.5, 0.6) is 0 Å². The van der Waals surface area contributed by atoms with Crippen LogP contribution in [0.4, 0.5) is 39.5 Å². The van der Waals surface area contributed by atoms with Gasteiger partial charge in [-0.05, 0) is 16.7 Å². The molecule has 1 aromatic heterocycles. The van der Waals surface area contributed by atoms with Gasteiger partial charge in [-0.25, -0.2) is 4.79 Å². The van der Waals surface area contributed by atoms with E-state index in [0.717, 1.165) is 0 Å². The second-order valence-electron chi connectivity index (χ2n) is 11.8. The number of rotatable bonds is 12. The van der Waals surface area contributed by atoms with Gasteiger partial charge in [0.05, 0.1) is 6.10 Å². The summed E-state index contributed by atoms with van der Waals surface area (Å²) in [6.07, 6.45) is -11.1. The van der Waals surface area contributed by atoms with Crippen molar-refractivity contribution in [2.75, 3.05) is 13.2 Å². The molecule has 1 aliphatic heterocycles. The molecule has 0 saturated carbocycles. The summed E-state index contributed by atoms with van der Waals surface area (Å²) in [5.74, 6) is 0. The molecule has 0 unspecified atom stereocenters. The number of H-pyrrole nitrogens is 1. The molecule has 0 aliphatic carbocycles. The number of nitrogens with zero attached hydrogens (tertiary/aromatic N) is 1. The highest BCUT2D eigenvalue weighted by molar-refractivity contribution is 7.87. The third-order valence-corrected chi connectivity index (χ3v) is 10.3. The fraction of sp³-hybridized carbons (Fsp3) is 0.312. The van der Waals surface area contributed by atoms with E-state index in [1.807, 2.05) is 0 Å². The van der Waals surface area contributed by atoms with E-state index in [1.54, 1.807) is 18.2 Å². The smallest absolute Gasteiger partial charge is 0.354 e. The third-order valence-electron chi connectivity index (χ3n) is 8.30. The van der Waals surface area contributed by atoms with Gasteiger partial charge in [0, 0.05) is 12.6 Å². The third kappa shape index (κ3) is 8.35. The Labute approximate surface area is 304 Å². The quantitative estimate of drug-likeness (QED) is 0.0857. The van der Waals surface area contributed by atoms with Gasteiger partial charge in [0.2, 0.25) is 0 Å². The number of nitrogens with one attached hydrogen (secondary N) is 1. The zero-order valence-electron chi connectivity index (χ0n) is 27.3. The van der Waals surface area contributed by atoms with Crippen LogP contribution in [0.25, 0.3) is 0 Å². The molecule has 1 saturated heterocycles. The Balaban J connectivity index is 1.81. The average molecular weight is 833 g/mol. The Morgan fingerprint density at radius 2 is 1.09 bits per heavy atom. The first-order valence-electron chi connectivity index (χ1n) is 15.3. The molecule has 1 N–H and O–H groups in total. The molecule has 2 atom stereocenters. The summed E-state index contributed by atoms with van der Waals surface area (Å²) < 4.78 is 192. The normalized spacial score (nSPS) is 18.3. The van der Waals surface area contributed by atoms with E-state index in [9.17, 15) is 65.9 Å². The Kier molecular flexibility index (Phi) is 11.2. The molecule has 1 aliphatic rings. The molecule has 3 aromatic carbocycles. The van der Waals surface area contributed by atoms with E-state index in [4.69, 9.17) is 9.47 Å². The number of hydrogen-bond acceptors (Lipinski definition) is 10. The van der Waals surface area contributed by atoms with Gasteiger partial charge in [0.25, 0.3) is 5.56 Å². The fourth-order valence-electron chi connectivity index (χ4n) is 5.74. The van der Waals surface area contributed by atoms with Crippen molar-refractivity contribution in [1.82, 2.24) is 9.55 Å². The number of halogens is 9. The Bertz CT molecular complexity index is 2170. The van der Waals surface area contributed by atoms with Crippen LogP contribution >= 0.6 is 0 Å². The molecular formula is C32H25F9N2O10S2. The first-order valence-corrected chi connectivity index (χ1v) is 18.1. The second kappa shape index (κ2) is 14.8. The molecule has 5 rings (SSSR count). The summed E-state index contributed by atoms with van der Waals surface area (Å²) in [5.41, 5.74) is -22.7. The maximum Gasteiger partial charge on any atom is 0.523 e. The number of benzene rings is 3. The molecule has 0 radical (unpaired) electrons. The molecule has 1 fully saturated rings. The van der Waals surface area contributed by atoms with Gasteiger partial charge in [-0.15, -0.1) is 0 Å². The number of alkyl halides is 9. The molecule has 55 heavy (non-hydrogen) atoms. The molecule has 12 nitrogen and oxygen atoms in total. The molecule has 0 amide bonds. The van der Waals surface area contributed by atoms with Crippen molar-refractivity contribution in [3.8, 4) is 0 Å². The van der Waals surface area contributed by atoms with Crippen molar-refractivity contribution in [1.29, 1.82) is 0 Å². The lowest BCUT2D eigenvalue weighted by atomic mass is 9.79. The fourth-order valence-corrected chi connectivity index (χ4v) is 6.72. The van der Waals surface area contributed by atoms with Gasteiger partial charge < -0.3 is 9.47 Å². The standard InChI is InChI=1S/C32H25F9N2O10S2/c33-30(34,35)23-17-43(27(45)42-26(23)44)25-16-24(28(53-25,18-50-54(46,47)31(36,37)38)19-51-55(48,49)32(39,40)41)52-29(20-10-4-1-5-11-20,21-12-6-2-7-13-21)22-14-8-3-9-15-22/h1-15,17,24-25H,16,18-19H2,(H,42,44,45)/t24-,25+/m0/s1. The Hall–Kier alpha value is -4.55. The van der Waals surface area contributed by atoms with Crippen molar-refractivity contribution in [2.24, 2.45) is 0 Å². The van der Waals surface area contributed by atoms with Crippen LogP contribution in [0.1, 0.15) is 34.9 Å².